The number of benzene rings is 4. The van der Waals surface area contributed by atoms with Crippen molar-refractivity contribution < 1.29 is 38.3 Å². The van der Waals surface area contributed by atoms with Crippen LogP contribution in [-0.4, -0.2) is 45.6 Å². The molecular formula is C39H40O8. The van der Waals surface area contributed by atoms with Crippen LogP contribution in [0.15, 0.2) is 84.9 Å². The second-order valence-electron chi connectivity index (χ2n) is 13.4. The van der Waals surface area contributed by atoms with Crippen molar-refractivity contribution in [3.8, 4) is 34.1 Å². The summed E-state index contributed by atoms with van der Waals surface area (Å²) in [6, 6.07) is 26.7. The molecule has 1 aliphatic carbocycles. The van der Waals surface area contributed by atoms with Crippen molar-refractivity contribution in [1.82, 2.24) is 0 Å². The predicted octanol–water partition coefficient (Wildman–Crippen LogP) is 7.77. The highest BCUT2D eigenvalue weighted by molar-refractivity contribution is 5.91. The van der Waals surface area contributed by atoms with E-state index in [4.69, 9.17) is 33.5 Å². The zero-order valence-corrected chi connectivity index (χ0v) is 27.1. The van der Waals surface area contributed by atoms with Crippen LogP contribution in [0.5, 0.6) is 23.0 Å². The third-order valence-electron chi connectivity index (χ3n) is 9.47. The van der Waals surface area contributed by atoms with E-state index >= 15 is 0 Å². The Kier molecular flexibility index (Phi) is 8.66. The minimum atomic E-state index is -0.412. The molecule has 8 heteroatoms. The molecule has 2 heterocycles. The van der Waals surface area contributed by atoms with Crippen LogP contribution in [-0.2, 0) is 21.0 Å². The molecule has 0 aromatic heterocycles. The molecule has 0 radical (unpaired) electrons. The van der Waals surface area contributed by atoms with Gasteiger partial charge < -0.3 is 28.6 Å². The van der Waals surface area contributed by atoms with Crippen LogP contribution in [0.4, 0.5) is 0 Å². The fourth-order valence-electron chi connectivity index (χ4n) is 6.08. The van der Waals surface area contributed by atoms with Crippen molar-refractivity contribution in [2.75, 3.05) is 39.6 Å². The van der Waals surface area contributed by atoms with Gasteiger partial charge in [0.15, 0.2) is 5.75 Å². The Morgan fingerprint density at radius 1 is 0.745 bits per heavy atom. The van der Waals surface area contributed by atoms with Crippen LogP contribution in [0.1, 0.15) is 60.2 Å². The largest absolute Gasteiger partial charge is 0.493 e. The van der Waals surface area contributed by atoms with E-state index in [1.165, 1.54) is 0 Å². The summed E-state index contributed by atoms with van der Waals surface area (Å²) >= 11 is 0. The highest BCUT2D eigenvalue weighted by atomic mass is 17.2. The number of hydrogen-bond donors (Lipinski definition) is 0. The first kappa shape index (κ1) is 31.2. The lowest BCUT2D eigenvalue weighted by Gasteiger charge is -2.40. The molecule has 47 heavy (non-hydrogen) atoms. The Bertz CT molecular complexity index is 1720. The summed E-state index contributed by atoms with van der Waals surface area (Å²) in [5.41, 5.74) is 6.11. The second-order valence-corrected chi connectivity index (χ2v) is 13.4. The summed E-state index contributed by atoms with van der Waals surface area (Å²) < 4.78 is 28.3. The molecule has 7 rings (SSSR count). The quantitative estimate of drug-likeness (QED) is 0.0637. The Labute approximate surface area is 275 Å². The number of ether oxygens (including phenoxy) is 5. The van der Waals surface area contributed by atoms with Crippen LogP contribution in [0, 0.1) is 10.8 Å². The van der Waals surface area contributed by atoms with Gasteiger partial charge in [0.2, 0.25) is 0 Å². The van der Waals surface area contributed by atoms with Gasteiger partial charge in [0.1, 0.15) is 23.9 Å². The third kappa shape index (κ3) is 6.72. The third-order valence-corrected chi connectivity index (χ3v) is 9.47. The Morgan fingerprint density at radius 3 is 1.91 bits per heavy atom. The molecule has 0 N–H and O–H groups in total. The minimum absolute atomic E-state index is 0.0902. The lowest BCUT2D eigenvalue weighted by Crippen LogP contribution is -2.46. The summed E-state index contributed by atoms with van der Waals surface area (Å²) in [5, 5.41) is 0. The summed E-state index contributed by atoms with van der Waals surface area (Å²) in [4.78, 5) is 24.2. The number of carbonyl (C=O) groups excluding carboxylic acids is 1. The standard InChI is InChI=1S/C39H40O8/c1-4-39(23-42-24-39)25-44-30-11-7-28(8-12-30)37(40)46-31-13-15-33-34-16-14-32(18-36(34)26(2)35(33)17-31)47-45-19-27-5-9-29(10-6-27)43-22-38(3)20-41-21-38/h5-18,26H,4,19-25H2,1-3H3. The number of fused-ring (bicyclic) bond motifs is 3. The Hall–Kier alpha value is -4.37. The van der Waals surface area contributed by atoms with Gasteiger partial charge in [-0.1, -0.05) is 45.0 Å². The van der Waals surface area contributed by atoms with Gasteiger partial charge in [-0.15, -0.1) is 0 Å². The molecule has 3 aliphatic rings. The molecule has 8 nitrogen and oxygen atoms in total. The molecule has 0 spiro atoms. The molecule has 244 valence electrons. The van der Waals surface area contributed by atoms with E-state index in [-0.39, 0.29) is 16.7 Å². The first-order valence-corrected chi connectivity index (χ1v) is 16.2. The lowest BCUT2D eigenvalue weighted by atomic mass is 9.84. The fourth-order valence-corrected chi connectivity index (χ4v) is 6.08. The van der Waals surface area contributed by atoms with E-state index in [1.807, 2.05) is 72.8 Å². The SMILES string of the molecule is CCC1(COc2ccc(C(=O)Oc3ccc4c(c3)C(C)c3cc(OOCc5ccc(OCC6(C)COC6)cc5)ccc3-4)cc2)COC1. The van der Waals surface area contributed by atoms with Crippen molar-refractivity contribution >= 4 is 5.97 Å². The van der Waals surface area contributed by atoms with Gasteiger partial charge in [0.05, 0.1) is 50.6 Å². The van der Waals surface area contributed by atoms with Gasteiger partial charge in [0.25, 0.3) is 0 Å². The first-order chi connectivity index (χ1) is 22.8. The highest BCUT2D eigenvalue weighted by Gasteiger charge is 2.38. The van der Waals surface area contributed by atoms with Crippen molar-refractivity contribution in [2.45, 2.75) is 39.7 Å². The highest BCUT2D eigenvalue weighted by Crippen LogP contribution is 2.47. The molecule has 1 unspecified atom stereocenters. The van der Waals surface area contributed by atoms with E-state index in [0.717, 1.165) is 72.2 Å². The van der Waals surface area contributed by atoms with Crippen LogP contribution in [0.2, 0.25) is 0 Å². The van der Waals surface area contributed by atoms with Gasteiger partial charge in [-0.2, -0.15) is 4.89 Å². The second kappa shape index (κ2) is 13.0. The Balaban J connectivity index is 0.918. The number of hydrogen-bond acceptors (Lipinski definition) is 8. The zero-order chi connectivity index (χ0) is 32.4. The predicted molar refractivity (Wildman–Crippen MR) is 176 cm³/mol. The maximum absolute atomic E-state index is 13.0. The number of esters is 1. The smallest absolute Gasteiger partial charge is 0.343 e. The molecule has 1 atom stereocenters. The summed E-state index contributed by atoms with van der Waals surface area (Å²) in [6.07, 6.45) is 1.01. The van der Waals surface area contributed by atoms with Crippen LogP contribution >= 0.6 is 0 Å². The molecule has 4 aromatic rings. The van der Waals surface area contributed by atoms with Crippen molar-refractivity contribution in [1.29, 1.82) is 0 Å². The van der Waals surface area contributed by atoms with E-state index in [2.05, 4.69) is 20.8 Å². The van der Waals surface area contributed by atoms with Crippen LogP contribution in [0.3, 0.4) is 0 Å². The molecule has 2 aliphatic heterocycles. The normalized spacial score (nSPS) is 18.2. The number of carbonyl (C=O) groups is 1. The van der Waals surface area contributed by atoms with E-state index in [9.17, 15) is 4.79 Å². The maximum atomic E-state index is 13.0. The van der Waals surface area contributed by atoms with Gasteiger partial charge in [-0.05, 0) is 94.9 Å². The fraction of sp³-hybridized carbons (Fsp3) is 0.359. The van der Waals surface area contributed by atoms with Gasteiger partial charge in [-0.3, -0.25) is 0 Å². The molecule has 0 bridgehead atoms. The van der Waals surface area contributed by atoms with Gasteiger partial charge in [0, 0.05) is 11.3 Å². The molecule has 2 fully saturated rings. The maximum Gasteiger partial charge on any atom is 0.343 e. The topological polar surface area (TPSA) is 81.7 Å². The monoisotopic (exact) mass is 636 g/mol. The van der Waals surface area contributed by atoms with E-state index in [0.29, 0.717) is 36.9 Å². The zero-order valence-electron chi connectivity index (χ0n) is 27.1. The molecule has 0 saturated carbocycles. The van der Waals surface area contributed by atoms with E-state index in [1.54, 1.807) is 12.1 Å². The first-order valence-electron chi connectivity index (χ1n) is 16.2. The average Bonchev–Trinajstić information content (AvgIpc) is 3.33. The van der Waals surface area contributed by atoms with Crippen molar-refractivity contribution in [3.63, 3.8) is 0 Å². The molecule has 0 amide bonds. The van der Waals surface area contributed by atoms with Gasteiger partial charge >= 0.3 is 5.97 Å². The van der Waals surface area contributed by atoms with Gasteiger partial charge in [-0.25, -0.2) is 4.79 Å². The van der Waals surface area contributed by atoms with Crippen LogP contribution < -0.4 is 19.1 Å². The summed E-state index contributed by atoms with van der Waals surface area (Å²) in [7, 11) is 0. The molecular weight excluding hydrogens is 596 g/mol. The average molecular weight is 637 g/mol. The lowest BCUT2D eigenvalue weighted by molar-refractivity contribution is -0.217. The van der Waals surface area contributed by atoms with Crippen molar-refractivity contribution in [2.24, 2.45) is 10.8 Å². The molecule has 4 aromatic carbocycles. The minimum Gasteiger partial charge on any atom is -0.493 e. The Morgan fingerprint density at radius 2 is 1.32 bits per heavy atom. The van der Waals surface area contributed by atoms with E-state index < -0.39 is 5.97 Å². The van der Waals surface area contributed by atoms with Crippen molar-refractivity contribution in [3.05, 3.63) is 107 Å². The van der Waals surface area contributed by atoms with Crippen LogP contribution in [0.25, 0.3) is 11.1 Å². The summed E-state index contributed by atoms with van der Waals surface area (Å²) in [5.74, 6) is 2.37. The number of rotatable bonds is 13. The summed E-state index contributed by atoms with van der Waals surface area (Å²) in [6.45, 7) is 10.9. The molecule has 2 saturated heterocycles.